The number of aryl methyl sites for hydroxylation is 1. The molecule has 2 N–H and O–H groups in total. The van der Waals surface area contributed by atoms with Crippen LogP contribution >= 0.6 is 0 Å². The van der Waals surface area contributed by atoms with E-state index >= 15 is 0 Å². The molecule has 84 valence electrons. The number of aromatic nitrogens is 2. The molecule has 1 rings (SSSR count). The maximum atomic E-state index is 10.6. The average Bonchev–Trinajstić information content (AvgIpc) is 2.55. The molecule has 0 amide bonds. The summed E-state index contributed by atoms with van der Waals surface area (Å²) < 4.78 is 1.60. The Labute approximate surface area is 87.6 Å². The third-order valence-corrected chi connectivity index (χ3v) is 1.93. The summed E-state index contributed by atoms with van der Waals surface area (Å²) in [6, 6.07) is 0. The Balaban J connectivity index is 2.58. The minimum absolute atomic E-state index is 0.131. The Morgan fingerprint density at radius 1 is 1.60 bits per heavy atom. The number of nitrogens with zero attached hydrogens (tertiary/aromatic N) is 3. The van der Waals surface area contributed by atoms with Crippen LogP contribution in [0.4, 0.5) is 11.6 Å². The quantitative estimate of drug-likeness (QED) is 0.404. The molecule has 0 fully saturated rings. The molecule has 7 heteroatoms. The third-order valence-electron chi connectivity index (χ3n) is 1.93. The normalized spacial score (nSPS) is 10.3. The van der Waals surface area contributed by atoms with Crippen LogP contribution in [0.5, 0.6) is 0 Å². The van der Waals surface area contributed by atoms with Gasteiger partial charge in [-0.3, -0.25) is 4.57 Å². The van der Waals surface area contributed by atoms with E-state index in [1.54, 1.807) is 11.6 Å². The van der Waals surface area contributed by atoms with Gasteiger partial charge in [0.15, 0.2) is 0 Å². The fourth-order valence-corrected chi connectivity index (χ4v) is 1.20. The standard InChI is InChI=1S/C8H15N5O2/c1-3-9-4-5-10-7-8(13(14)15)11-6-12(7)2/h6,9-10H,3-5H2,1-2H3. The molecular weight excluding hydrogens is 198 g/mol. The number of likely N-dealkylation sites (N-methyl/N-ethyl adjacent to an activating group) is 1. The van der Waals surface area contributed by atoms with Gasteiger partial charge in [-0.05, 0) is 16.5 Å². The van der Waals surface area contributed by atoms with E-state index in [2.05, 4.69) is 15.6 Å². The number of hydrogen-bond donors (Lipinski definition) is 2. The fourth-order valence-electron chi connectivity index (χ4n) is 1.20. The van der Waals surface area contributed by atoms with Crippen LogP contribution < -0.4 is 10.6 Å². The van der Waals surface area contributed by atoms with Crippen molar-refractivity contribution >= 4 is 11.6 Å². The van der Waals surface area contributed by atoms with E-state index in [0.29, 0.717) is 12.4 Å². The fraction of sp³-hybridized carbons (Fsp3) is 0.625. The SMILES string of the molecule is CCNCCNc1c([N+](=O)[O-])ncn1C. The molecule has 0 saturated carbocycles. The first-order chi connectivity index (χ1) is 7.16. The summed E-state index contributed by atoms with van der Waals surface area (Å²) in [6.45, 7) is 4.29. The second-order valence-corrected chi connectivity index (χ2v) is 3.07. The van der Waals surface area contributed by atoms with Gasteiger partial charge in [-0.2, -0.15) is 0 Å². The Morgan fingerprint density at radius 2 is 2.33 bits per heavy atom. The highest BCUT2D eigenvalue weighted by molar-refractivity contribution is 5.51. The summed E-state index contributed by atoms with van der Waals surface area (Å²) in [5, 5.41) is 16.7. The number of nitrogens with one attached hydrogen (secondary N) is 2. The van der Waals surface area contributed by atoms with E-state index in [4.69, 9.17) is 0 Å². The summed E-state index contributed by atoms with van der Waals surface area (Å²) in [5.41, 5.74) is 0. The van der Waals surface area contributed by atoms with Crippen LogP contribution in [0.25, 0.3) is 0 Å². The lowest BCUT2D eigenvalue weighted by atomic mass is 10.5. The lowest BCUT2D eigenvalue weighted by molar-refractivity contribution is -0.388. The first-order valence-electron chi connectivity index (χ1n) is 4.77. The molecule has 0 aliphatic carbocycles. The van der Waals surface area contributed by atoms with E-state index in [1.807, 2.05) is 6.92 Å². The lowest BCUT2D eigenvalue weighted by Crippen LogP contribution is -2.22. The smallest absolute Gasteiger partial charge is 0.363 e. The highest BCUT2D eigenvalue weighted by Gasteiger charge is 2.18. The van der Waals surface area contributed by atoms with E-state index in [-0.39, 0.29) is 5.82 Å². The first kappa shape index (κ1) is 11.4. The molecule has 1 heterocycles. The minimum atomic E-state index is -0.490. The van der Waals surface area contributed by atoms with Crippen molar-refractivity contribution in [3.05, 3.63) is 16.4 Å². The highest BCUT2D eigenvalue weighted by atomic mass is 16.6. The molecule has 1 aromatic heterocycles. The number of imidazole rings is 1. The summed E-state index contributed by atoms with van der Waals surface area (Å²) in [6.07, 6.45) is 1.42. The van der Waals surface area contributed by atoms with Crippen LogP contribution in [0.1, 0.15) is 6.92 Å². The van der Waals surface area contributed by atoms with Crippen LogP contribution in [-0.2, 0) is 7.05 Å². The number of anilines is 1. The van der Waals surface area contributed by atoms with Crippen molar-refractivity contribution in [2.75, 3.05) is 25.0 Å². The summed E-state index contributed by atoms with van der Waals surface area (Å²) in [7, 11) is 1.72. The van der Waals surface area contributed by atoms with Crippen molar-refractivity contribution in [1.82, 2.24) is 14.9 Å². The van der Waals surface area contributed by atoms with Gasteiger partial charge in [-0.15, -0.1) is 0 Å². The van der Waals surface area contributed by atoms with E-state index < -0.39 is 4.92 Å². The van der Waals surface area contributed by atoms with E-state index in [9.17, 15) is 10.1 Å². The van der Waals surface area contributed by atoms with E-state index in [1.165, 1.54) is 6.33 Å². The van der Waals surface area contributed by atoms with Gasteiger partial charge < -0.3 is 20.7 Å². The number of hydrogen-bond acceptors (Lipinski definition) is 5. The molecule has 0 aliphatic rings. The maximum Gasteiger partial charge on any atom is 0.406 e. The second-order valence-electron chi connectivity index (χ2n) is 3.07. The summed E-state index contributed by atoms with van der Waals surface area (Å²) in [4.78, 5) is 13.8. The van der Waals surface area contributed by atoms with Crippen molar-refractivity contribution < 1.29 is 4.92 Å². The Kier molecular flexibility index (Phi) is 4.04. The maximum absolute atomic E-state index is 10.6. The van der Waals surface area contributed by atoms with E-state index in [0.717, 1.165) is 13.1 Å². The van der Waals surface area contributed by atoms with Gasteiger partial charge in [0.2, 0.25) is 12.1 Å². The third kappa shape index (κ3) is 2.91. The van der Waals surface area contributed by atoms with Gasteiger partial charge in [0.25, 0.3) is 0 Å². The molecule has 0 atom stereocenters. The van der Waals surface area contributed by atoms with Crippen LogP contribution in [0.15, 0.2) is 6.33 Å². The van der Waals surface area contributed by atoms with Gasteiger partial charge in [0.1, 0.15) is 0 Å². The topological polar surface area (TPSA) is 85.0 Å². The predicted octanol–water partition coefficient (Wildman–Crippen LogP) is 0.350. The minimum Gasteiger partial charge on any atom is -0.363 e. The average molecular weight is 213 g/mol. The Hall–Kier alpha value is -1.63. The van der Waals surface area contributed by atoms with Crippen molar-refractivity contribution in [1.29, 1.82) is 0 Å². The second kappa shape index (κ2) is 5.30. The van der Waals surface area contributed by atoms with Crippen LogP contribution in [0.3, 0.4) is 0 Å². The Morgan fingerprint density at radius 3 is 2.93 bits per heavy atom. The predicted molar refractivity (Wildman–Crippen MR) is 56.9 cm³/mol. The molecule has 0 saturated heterocycles. The van der Waals surface area contributed by atoms with Crippen molar-refractivity contribution in [2.24, 2.45) is 7.05 Å². The van der Waals surface area contributed by atoms with Gasteiger partial charge in [-0.25, -0.2) is 0 Å². The van der Waals surface area contributed by atoms with Crippen LogP contribution in [0.2, 0.25) is 0 Å². The zero-order valence-corrected chi connectivity index (χ0v) is 8.86. The largest absolute Gasteiger partial charge is 0.406 e. The lowest BCUT2D eigenvalue weighted by Gasteiger charge is -2.05. The molecule has 0 aliphatic heterocycles. The molecule has 0 aromatic carbocycles. The van der Waals surface area contributed by atoms with Gasteiger partial charge >= 0.3 is 5.82 Å². The zero-order valence-electron chi connectivity index (χ0n) is 8.86. The monoisotopic (exact) mass is 213 g/mol. The van der Waals surface area contributed by atoms with Gasteiger partial charge in [0.05, 0.1) is 0 Å². The van der Waals surface area contributed by atoms with Gasteiger partial charge in [-0.1, -0.05) is 6.92 Å². The summed E-state index contributed by atoms with van der Waals surface area (Å²) >= 11 is 0. The first-order valence-corrected chi connectivity index (χ1v) is 4.77. The van der Waals surface area contributed by atoms with Crippen LogP contribution in [-0.4, -0.2) is 34.1 Å². The molecule has 0 bridgehead atoms. The molecule has 0 spiro atoms. The Bertz CT molecular complexity index is 336. The molecule has 0 unspecified atom stereocenters. The number of rotatable bonds is 6. The molecule has 0 radical (unpaired) electrons. The molecule has 15 heavy (non-hydrogen) atoms. The molecule has 7 nitrogen and oxygen atoms in total. The molecule has 1 aromatic rings. The summed E-state index contributed by atoms with van der Waals surface area (Å²) in [5.74, 6) is 0.312. The van der Waals surface area contributed by atoms with Crippen molar-refractivity contribution in [3.63, 3.8) is 0 Å². The van der Waals surface area contributed by atoms with Gasteiger partial charge in [0, 0.05) is 20.1 Å². The highest BCUT2D eigenvalue weighted by Crippen LogP contribution is 2.20. The van der Waals surface area contributed by atoms with Crippen molar-refractivity contribution in [3.8, 4) is 0 Å². The van der Waals surface area contributed by atoms with Crippen LogP contribution in [0, 0.1) is 10.1 Å². The number of nitro groups is 1. The zero-order chi connectivity index (χ0) is 11.3. The molecular formula is C8H15N5O2. The van der Waals surface area contributed by atoms with Crippen molar-refractivity contribution in [2.45, 2.75) is 6.92 Å².